The number of thioether (sulfide) groups is 1. The smallest absolute Gasteiger partial charge is 0.407 e. The molecule has 1 aromatic rings. The number of likely N-dealkylation sites (tertiary alicyclic amines) is 1. The molecule has 1 fully saturated rings. The molecule has 1 saturated heterocycles. The molecule has 0 spiro atoms. The predicted octanol–water partition coefficient (Wildman–Crippen LogP) is 1.78. The van der Waals surface area contributed by atoms with E-state index in [-0.39, 0.29) is 23.6 Å². The van der Waals surface area contributed by atoms with Crippen LogP contribution in [-0.2, 0) is 14.3 Å². The summed E-state index contributed by atoms with van der Waals surface area (Å²) in [7, 11) is 0. The molecule has 1 aliphatic heterocycles. The van der Waals surface area contributed by atoms with Gasteiger partial charge < -0.3 is 24.8 Å². The number of rotatable bonds is 7. The van der Waals surface area contributed by atoms with E-state index in [0.29, 0.717) is 31.3 Å². The third kappa shape index (κ3) is 6.78. The first kappa shape index (κ1) is 21.1. The molecule has 1 aromatic heterocycles. The molecule has 2 heterocycles. The van der Waals surface area contributed by atoms with Crippen LogP contribution in [0.5, 0.6) is 0 Å². The van der Waals surface area contributed by atoms with Crippen molar-refractivity contribution in [2.75, 3.05) is 30.8 Å². The highest BCUT2D eigenvalue weighted by Crippen LogP contribution is 2.17. The van der Waals surface area contributed by atoms with Gasteiger partial charge >= 0.3 is 6.09 Å². The minimum atomic E-state index is -0.459. The van der Waals surface area contributed by atoms with Gasteiger partial charge in [-0.15, -0.1) is 11.8 Å². The van der Waals surface area contributed by atoms with Crippen molar-refractivity contribution in [2.24, 2.45) is 0 Å². The van der Waals surface area contributed by atoms with Crippen LogP contribution in [0.4, 0.5) is 10.6 Å². The monoisotopic (exact) mass is 398 g/mol. The minimum absolute atomic E-state index is 0.0488. The molecule has 9 nitrogen and oxygen atoms in total. The van der Waals surface area contributed by atoms with E-state index in [1.54, 1.807) is 31.7 Å². The number of alkyl carbamates (subject to hydrolysis) is 1. The number of amides is 3. The van der Waals surface area contributed by atoms with Crippen LogP contribution in [-0.4, -0.2) is 64.7 Å². The topological polar surface area (TPSA) is 114 Å². The Balaban J connectivity index is 1.75. The fraction of sp³-hybridized carbons (Fsp3) is 0.647. The summed E-state index contributed by atoms with van der Waals surface area (Å²) < 4.78 is 9.79. The Morgan fingerprint density at radius 1 is 1.48 bits per heavy atom. The molecule has 150 valence electrons. The van der Waals surface area contributed by atoms with Crippen molar-refractivity contribution in [3.8, 4) is 0 Å². The van der Waals surface area contributed by atoms with Gasteiger partial charge in [0.1, 0.15) is 5.76 Å². The van der Waals surface area contributed by atoms with Gasteiger partial charge in [0.25, 0.3) is 0 Å². The first-order chi connectivity index (χ1) is 12.9. The van der Waals surface area contributed by atoms with Crippen LogP contribution in [0, 0.1) is 6.92 Å². The number of ether oxygens (including phenoxy) is 1. The summed E-state index contributed by atoms with van der Waals surface area (Å²) in [6.07, 6.45) is 1.17. The van der Waals surface area contributed by atoms with Crippen molar-refractivity contribution in [3.05, 3.63) is 11.8 Å². The van der Waals surface area contributed by atoms with Gasteiger partial charge in [-0.25, -0.2) is 4.79 Å². The van der Waals surface area contributed by atoms with E-state index in [1.807, 2.05) is 0 Å². The van der Waals surface area contributed by atoms with Crippen molar-refractivity contribution in [1.29, 1.82) is 0 Å². The normalized spacial score (nSPS) is 17.9. The van der Waals surface area contributed by atoms with Crippen LogP contribution in [0.1, 0.15) is 32.4 Å². The van der Waals surface area contributed by atoms with Gasteiger partial charge in [0.05, 0.1) is 17.6 Å². The third-order valence-electron chi connectivity index (χ3n) is 4.08. The first-order valence-corrected chi connectivity index (χ1v) is 10.0. The maximum atomic E-state index is 12.4. The summed E-state index contributed by atoms with van der Waals surface area (Å²) in [5, 5.41) is 8.73. The maximum Gasteiger partial charge on any atom is 0.407 e. The summed E-state index contributed by atoms with van der Waals surface area (Å²) in [6, 6.07) is 1.52. The van der Waals surface area contributed by atoms with E-state index in [0.717, 1.165) is 12.8 Å². The molecular weight excluding hydrogens is 372 g/mol. The van der Waals surface area contributed by atoms with Crippen molar-refractivity contribution in [3.63, 3.8) is 0 Å². The number of carbonyl (C=O) groups excluding carboxylic acids is 3. The van der Waals surface area contributed by atoms with E-state index in [1.165, 1.54) is 11.8 Å². The average Bonchev–Trinajstić information content (AvgIpc) is 3.04. The Hall–Kier alpha value is -2.23. The van der Waals surface area contributed by atoms with Crippen LogP contribution in [0.25, 0.3) is 0 Å². The lowest BCUT2D eigenvalue weighted by atomic mass is 10.1. The largest absolute Gasteiger partial charge is 0.450 e. The number of aryl methyl sites for hydroxylation is 1. The number of nitrogens with zero attached hydrogens (tertiary/aromatic N) is 2. The molecule has 10 heteroatoms. The average molecular weight is 398 g/mol. The van der Waals surface area contributed by atoms with Crippen LogP contribution in [0.15, 0.2) is 10.6 Å². The number of nitrogens with one attached hydrogen (secondary N) is 2. The summed E-state index contributed by atoms with van der Waals surface area (Å²) >= 11 is 1.26. The molecule has 0 aromatic carbocycles. The van der Waals surface area contributed by atoms with E-state index >= 15 is 0 Å². The van der Waals surface area contributed by atoms with Crippen molar-refractivity contribution >= 4 is 35.5 Å². The lowest BCUT2D eigenvalue weighted by Crippen LogP contribution is -2.50. The second-order valence-electron chi connectivity index (χ2n) is 6.31. The van der Waals surface area contributed by atoms with Gasteiger partial charge in [0, 0.05) is 25.2 Å². The zero-order chi connectivity index (χ0) is 19.8. The summed E-state index contributed by atoms with van der Waals surface area (Å²) in [5.74, 6) is 0.879. The Morgan fingerprint density at radius 2 is 2.26 bits per heavy atom. The summed E-state index contributed by atoms with van der Waals surface area (Å²) in [6.45, 7) is 6.64. The molecule has 0 saturated carbocycles. The van der Waals surface area contributed by atoms with E-state index in [4.69, 9.17) is 9.26 Å². The fourth-order valence-corrected chi connectivity index (χ4v) is 3.46. The highest BCUT2D eigenvalue weighted by molar-refractivity contribution is 8.01. The lowest BCUT2D eigenvalue weighted by Gasteiger charge is -2.33. The molecule has 2 N–H and O–H groups in total. The minimum Gasteiger partial charge on any atom is -0.450 e. The second-order valence-corrected chi connectivity index (χ2v) is 7.64. The molecule has 2 rings (SSSR count). The molecule has 0 radical (unpaired) electrons. The van der Waals surface area contributed by atoms with Gasteiger partial charge in [-0.3, -0.25) is 9.59 Å². The molecule has 0 bridgehead atoms. The maximum absolute atomic E-state index is 12.4. The summed E-state index contributed by atoms with van der Waals surface area (Å²) in [5.41, 5.74) is 0. The predicted molar refractivity (Wildman–Crippen MR) is 102 cm³/mol. The van der Waals surface area contributed by atoms with E-state index < -0.39 is 11.3 Å². The number of carbonyl (C=O) groups is 3. The molecule has 0 aliphatic carbocycles. The number of hydrogen-bond acceptors (Lipinski definition) is 7. The number of hydrogen-bond donors (Lipinski definition) is 2. The van der Waals surface area contributed by atoms with Crippen LogP contribution >= 0.6 is 11.8 Å². The fourth-order valence-electron chi connectivity index (χ4n) is 2.68. The zero-order valence-corrected chi connectivity index (χ0v) is 16.6. The Bertz CT molecular complexity index is 666. The molecule has 1 aliphatic rings. The van der Waals surface area contributed by atoms with Gasteiger partial charge in [0.2, 0.25) is 11.8 Å². The van der Waals surface area contributed by atoms with Crippen LogP contribution < -0.4 is 10.6 Å². The Kier molecular flexibility index (Phi) is 7.96. The van der Waals surface area contributed by atoms with Crippen LogP contribution in [0.2, 0.25) is 0 Å². The van der Waals surface area contributed by atoms with Crippen molar-refractivity contribution in [2.45, 2.75) is 44.9 Å². The Labute approximate surface area is 162 Å². The highest BCUT2D eigenvalue weighted by Gasteiger charge is 2.26. The van der Waals surface area contributed by atoms with Crippen molar-refractivity contribution in [1.82, 2.24) is 15.4 Å². The zero-order valence-electron chi connectivity index (χ0n) is 15.8. The molecule has 27 heavy (non-hydrogen) atoms. The van der Waals surface area contributed by atoms with Gasteiger partial charge in [-0.1, -0.05) is 5.16 Å². The standard InChI is InChI=1S/C17H26N4O5S/c1-4-25-17(24)18-13-6-5-7-21(9-13)15(22)10-27-12(3)16(23)19-14-8-11(2)26-20-14/h8,12-13H,4-7,9-10H2,1-3H3,(H,18,24)(H,19,20,23)/t12-,13+/m1/s1. The first-order valence-electron chi connectivity index (χ1n) is 8.96. The molecule has 0 unspecified atom stereocenters. The summed E-state index contributed by atoms with van der Waals surface area (Å²) in [4.78, 5) is 37.8. The number of anilines is 1. The molecule has 3 amide bonds. The lowest BCUT2D eigenvalue weighted by molar-refractivity contribution is -0.129. The third-order valence-corrected chi connectivity index (χ3v) is 5.20. The van der Waals surface area contributed by atoms with E-state index in [9.17, 15) is 14.4 Å². The molecule has 2 atom stereocenters. The van der Waals surface area contributed by atoms with Gasteiger partial charge in [0.15, 0.2) is 5.82 Å². The van der Waals surface area contributed by atoms with Gasteiger partial charge in [-0.05, 0) is 33.6 Å². The SMILES string of the molecule is CCOC(=O)N[C@H]1CCCN(C(=O)CS[C@H](C)C(=O)Nc2cc(C)on2)C1. The van der Waals surface area contributed by atoms with Crippen molar-refractivity contribution < 1.29 is 23.6 Å². The van der Waals surface area contributed by atoms with Crippen LogP contribution in [0.3, 0.4) is 0 Å². The Morgan fingerprint density at radius 3 is 2.93 bits per heavy atom. The quantitative estimate of drug-likeness (QED) is 0.719. The number of piperidine rings is 1. The number of aromatic nitrogens is 1. The second kappa shape index (κ2) is 10.2. The van der Waals surface area contributed by atoms with Gasteiger partial charge in [-0.2, -0.15) is 0 Å². The van der Waals surface area contributed by atoms with E-state index in [2.05, 4.69) is 15.8 Å². The molecular formula is C17H26N4O5S. The highest BCUT2D eigenvalue weighted by atomic mass is 32.2.